The second kappa shape index (κ2) is 5.59. The maximum Gasteiger partial charge on any atom is 0.250 e. The van der Waals surface area contributed by atoms with Gasteiger partial charge in [-0.3, -0.25) is 9.59 Å². The molecule has 0 heterocycles. The van der Waals surface area contributed by atoms with Crippen LogP contribution >= 0.6 is 23.2 Å². The van der Waals surface area contributed by atoms with Crippen LogP contribution in [0.25, 0.3) is 0 Å². The zero-order valence-electron chi connectivity index (χ0n) is 10.1. The normalized spacial score (nSPS) is 11.1. The van der Waals surface area contributed by atoms with Crippen LogP contribution < -0.4 is 11.1 Å². The summed E-state index contributed by atoms with van der Waals surface area (Å²) in [7, 11) is 0. The van der Waals surface area contributed by atoms with Crippen molar-refractivity contribution in [1.29, 1.82) is 0 Å². The zero-order valence-corrected chi connectivity index (χ0v) is 11.6. The number of carbonyl (C=O) groups is 2. The lowest BCUT2D eigenvalue weighted by atomic mass is 9.95. The number of hydrogen-bond acceptors (Lipinski definition) is 2. The van der Waals surface area contributed by atoms with Crippen LogP contribution in [0.1, 0.15) is 24.2 Å². The fraction of sp³-hybridized carbons (Fsp3) is 0.333. The van der Waals surface area contributed by atoms with Crippen LogP contribution in [-0.2, 0) is 4.79 Å². The number of benzene rings is 1. The molecule has 0 saturated heterocycles. The van der Waals surface area contributed by atoms with Crippen LogP contribution in [0.5, 0.6) is 0 Å². The van der Waals surface area contributed by atoms with Crippen molar-refractivity contribution >= 4 is 40.7 Å². The standard InChI is InChI=1S/C12H14Cl2N2O2/c1-12(2,6-13)11(18)16-7-3-4-8(10(15)17)9(14)5-7/h3-5H,6H2,1-2H3,(H2,15,17)(H,16,18). The quantitative estimate of drug-likeness (QED) is 0.836. The number of carbonyl (C=O) groups excluding carboxylic acids is 2. The van der Waals surface area contributed by atoms with Crippen LogP contribution in [0.15, 0.2) is 18.2 Å². The molecule has 4 nitrogen and oxygen atoms in total. The number of halogens is 2. The van der Waals surface area contributed by atoms with Gasteiger partial charge in [-0.25, -0.2) is 0 Å². The van der Waals surface area contributed by atoms with Gasteiger partial charge < -0.3 is 11.1 Å². The molecule has 1 aromatic rings. The van der Waals surface area contributed by atoms with E-state index < -0.39 is 11.3 Å². The molecule has 1 aromatic carbocycles. The Morgan fingerprint density at radius 3 is 2.44 bits per heavy atom. The number of primary amides is 1. The van der Waals surface area contributed by atoms with Crippen molar-refractivity contribution in [3.05, 3.63) is 28.8 Å². The molecule has 0 saturated carbocycles. The SMILES string of the molecule is CC(C)(CCl)C(=O)Nc1ccc(C(N)=O)c(Cl)c1. The van der Waals surface area contributed by atoms with E-state index in [0.29, 0.717) is 5.69 Å². The lowest BCUT2D eigenvalue weighted by molar-refractivity contribution is -0.122. The molecule has 3 N–H and O–H groups in total. The highest BCUT2D eigenvalue weighted by Gasteiger charge is 2.26. The van der Waals surface area contributed by atoms with E-state index in [2.05, 4.69) is 5.32 Å². The Kier molecular flexibility index (Phi) is 4.59. The molecule has 1 rings (SSSR count). The molecule has 0 aliphatic heterocycles. The van der Waals surface area contributed by atoms with E-state index in [-0.39, 0.29) is 22.4 Å². The Labute approximate surface area is 115 Å². The summed E-state index contributed by atoms with van der Waals surface area (Å²) < 4.78 is 0. The van der Waals surface area contributed by atoms with Crippen molar-refractivity contribution in [2.75, 3.05) is 11.2 Å². The molecule has 0 radical (unpaired) electrons. The maximum atomic E-state index is 11.9. The van der Waals surface area contributed by atoms with Gasteiger partial charge in [-0.05, 0) is 32.0 Å². The Morgan fingerprint density at radius 1 is 1.39 bits per heavy atom. The van der Waals surface area contributed by atoms with Gasteiger partial charge >= 0.3 is 0 Å². The molecule has 0 aliphatic carbocycles. The van der Waals surface area contributed by atoms with E-state index >= 15 is 0 Å². The third kappa shape index (κ3) is 3.37. The molecular formula is C12H14Cl2N2O2. The molecule has 18 heavy (non-hydrogen) atoms. The van der Waals surface area contributed by atoms with E-state index in [4.69, 9.17) is 28.9 Å². The summed E-state index contributed by atoms with van der Waals surface area (Å²) in [5.74, 6) is -0.634. The Bertz CT molecular complexity index is 487. The molecular weight excluding hydrogens is 275 g/mol. The third-order valence-electron chi connectivity index (χ3n) is 2.44. The zero-order chi connectivity index (χ0) is 13.9. The molecule has 0 spiro atoms. The largest absolute Gasteiger partial charge is 0.366 e. The third-order valence-corrected chi connectivity index (χ3v) is 3.42. The highest BCUT2D eigenvalue weighted by atomic mass is 35.5. The summed E-state index contributed by atoms with van der Waals surface area (Å²) in [6.45, 7) is 3.46. The van der Waals surface area contributed by atoms with Crippen molar-refractivity contribution in [3.63, 3.8) is 0 Å². The first kappa shape index (κ1) is 14.8. The minimum Gasteiger partial charge on any atom is -0.366 e. The monoisotopic (exact) mass is 288 g/mol. The van der Waals surface area contributed by atoms with Gasteiger partial charge in [0.2, 0.25) is 11.8 Å². The second-order valence-electron chi connectivity index (χ2n) is 4.53. The molecule has 98 valence electrons. The predicted molar refractivity (Wildman–Crippen MR) is 73.1 cm³/mol. The first-order valence-corrected chi connectivity index (χ1v) is 6.16. The fourth-order valence-corrected chi connectivity index (χ4v) is 1.55. The van der Waals surface area contributed by atoms with E-state index in [1.807, 2.05) is 0 Å². The van der Waals surface area contributed by atoms with Crippen LogP contribution in [0.2, 0.25) is 5.02 Å². The van der Waals surface area contributed by atoms with Crippen molar-refractivity contribution in [1.82, 2.24) is 0 Å². The predicted octanol–water partition coefficient (Wildman–Crippen LogP) is 2.64. The van der Waals surface area contributed by atoms with Crippen molar-refractivity contribution < 1.29 is 9.59 Å². The molecule has 0 fully saturated rings. The maximum absolute atomic E-state index is 11.9. The number of hydrogen-bond donors (Lipinski definition) is 2. The Balaban J connectivity index is 2.91. The number of nitrogens with one attached hydrogen (secondary N) is 1. The van der Waals surface area contributed by atoms with Crippen LogP contribution in [0, 0.1) is 5.41 Å². The van der Waals surface area contributed by atoms with Gasteiger partial charge in [0, 0.05) is 11.6 Å². The van der Waals surface area contributed by atoms with Crippen LogP contribution in [0.3, 0.4) is 0 Å². The number of alkyl halides is 1. The minimum absolute atomic E-state index is 0.198. The highest BCUT2D eigenvalue weighted by Crippen LogP contribution is 2.24. The molecule has 0 aliphatic rings. The van der Waals surface area contributed by atoms with Crippen molar-refractivity contribution in [2.24, 2.45) is 11.1 Å². The van der Waals surface area contributed by atoms with Gasteiger partial charge in [-0.1, -0.05) is 11.6 Å². The fourth-order valence-electron chi connectivity index (χ4n) is 1.15. The van der Waals surface area contributed by atoms with Crippen LogP contribution in [-0.4, -0.2) is 17.7 Å². The smallest absolute Gasteiger partial charge is 0.250 e. The first-order chi connectivity index (χ1) is 8.27. The molecule has 0 atom stereocenters. The van der Waals surface area contributed by atoms with Gasteiger partial charge in [0.15, 0.2) is 0 Å². The topological polar surface area (TPSA) is 72.2 Å². The number of anilines is 1. The van der Waals surface area contributed by atoms with E-state index in [1.54, 1.807) is 19.9 Å². The highest BCUT2D eigenvalue weighted by molar-refractivity contribution is 6.34. The molecule has 0 bridgehead atoms. The number of rotatable bonds is 4. The minimum atomic E-state index is -0.684. The summed E-state index contributed by atoms with van der Waals surface area (Å²) in [6, 6.07) is 4.51. The van der Waals surface area contributed by atoms with Crippen molar-refractivity contribution in [3.8, 4) is 0 Å². The molecule has 0 aromatic heterocycles. The summed E-state index contributed by atoms with van der Waals surface area (Å²) in [5, 5.41) is 2.88. The van der Waals surface area contributed by atoms with Gasteiger partial charge in [-0.2, -0.15) is 0 Å². The van der Waals surface area contributed by atoms with Crippen molar-refractivity contribution in [2.45, 2.75) is 13.8 Å². The molecule has 0 unspecified atom stereocenters. The summed E-state index contributed by atoms with van der Waals surface area (Å²) >= 11 is 11.6. The average Bonchev–Trinajstić information content (AvgIpc) is 2.28. The average molecular weight is 289 g/mol. The number of amides is 2. The summed E-state index contributed by atoms with van der Waals surface area (Å²) in [4.78, 5) is 22.9. The molecule has 6 heteroatoms. The van der Waals surface area contributed by atoms with Crippen LogP contribution in [0.4, 0.5) is 5.69 Å². The number of nitrogens with two attached hydrogens (primary N) is 1. The Morgan fingerprint density at radius 2 is 2.00 bits per heavy atom. The summed E-state index contributed by atoms with van der Waals surface area (Å²) in [6.07, 6.45) is 0. The second-order valence-corrected chi connectivity index (χ2v) is 5.20. The van der Waals surface area contributed by atoms with Gasteiger partial charge in [0.05, 0.1) is 16.0 Å². The van der Waals surface area contributed by atoms with E-state index in [9.17, 15) is 9.59 Å². The van der Waals surface area contributed by atoms with Gasteiger partial charge in [-0.15, -0.1) is 11.6 Å². The van der Waals surface area contributed by atoms with Gasteiger partial charge in [0.1, 0.15) is 0 Å². The lowest BCUT2D eigenvalue weighted by Crippen LogP contribution is -2.32. The molecule has 2 amide bonds. The summed E-state index contributed by atoms with van der Waals surface area (Å²) in [5.41, 5.74) is 5.15. The lowest BCUT2D eigenvalue weighted by Gasteiger charge is -2.20. The Hall–Kier alpha value is -1.26. The van der Waals surface area contributed by atoms with E-state index in [1.165, 1.54) is 12.1 Å². The first-order valence-electron chi connectivity index (χ1n) is 5.24. The van der Waals surface area contributed by atoms with E-state index in [0.717, 1.165) is 0 Å². The van der Waals surface area contributed by atoms with Gasteiger partial charge in [0.25, 0.3) is 0 Å².